The lowest BCUT2D eigenvalue weighted by atomic mass is 9.97. The Balaban J connectivity index is 1.78. The van der Waals surface area contributed by atoms with Gasteiger partial charge >= 0.3 is 6.18 Å². The van der Waals surface area contributed by atoms with Gasteiger partial charge in [0.25, 0.3) is 17.4 Å². The third-order valence-electron chi connectivity index (χ3n) is 6.93. The number of alkyl halides is 3. The van der Waals surface area contributed by atoms with Crippen LogP contribution >= 0.6 is 11.6 Å². The molecule has 40 heavy (non-hydrogen) atoms. The quantitative estimate of drug-likeness (QED) is 0.464. The van der Waals surface area contributed by atoms with Gasteiger partial charge in [-0.3, -0.25) is 19.0 Å². The summed E-state index contributed by atoms with van der Waals surface area (Å²) in [6, 6.07) is 8.70. The SMILES string of the molecule is CNC(=O)c1ccc(-n2c([C@H](O)C(C)C)nc3c(c2=O)C[C@@H](C)N(C(=O)c2ccc(Cl)c(C(F)(F)F)c2)C3)cc1. The Morgan fingerprint density at radius 1 is 1.12 bits per heavy atom. The molecule has 3 aromatic rings. The molecule has 1 aromatic heterocycles. The van der Waals surface area contributed by atoms with Crippen molar-refractivity contribution in [1.29, 1.82) is 0 Å². The molecule has 8 nitrogen and oxygen atoms in total. The van der Waals surface area contributed by atoms with Crippen LogP contribution in [0.3, 0.4) is 0 Å². The molecule has 0 fully saturated rings. The molecule has 2 N–H and O–H groups in total. The van der Waals surface area contributed by atoms with Crippen LogP contribution in [-0.2, 0) is 19.1 Å². The lowest BCUT2D eigenvalue weighted by molar-refractivity contribution is -0.137. The highest BCUT2D eigenvalue weighted by atomic mass is 35.5. The van der Waals surface area contributed by atoms with Crippen molar-refractivity contribution in [2.75, 3.05) is 7.05 Å². The van der Waals surface area contributed by atoms with Gasteiger partial charge in [0, 0.05) is 29.8 Å². The number of hydrogen-bond donors (Lipinski definition) is 2. The number of carbonyl (C=O) groups excluding carboxylic acids is 2. The molecule has 1 aliphatic rings. The van der Waals surface area contributed by atoms with Crippen LogP contribution in [0, 0.1) is 5.92 Å². The summed E-state index contributed by atoms with van der Waals surface area (Å²) >= 11 is 5.72. The number of nitrogens with one attached hydrogen (secondary N) is 1. The highest BCUT2D eigenvalue weighted by Gasteiger charge is 2.36. The predicted octanol–water partition coefficient (Wildman–Crippen LogP) is 4.54. The number of fused-ring (bicyclic) bond motifs is 1. The molecule has 0 saturated carbocycles. The highest BCUT2D eigenvalue weighted by Crippen LogP contribution is 2.36. The molecule has 0 saturated heterocycles. The van der Waals surface area contributed by atoms with E-state index in [-0.39, 0.29) is 41.9 Å². The first-order valence-electron chi connectivity index (χ1n) is 12.6. The van der Waals surface area contributed by atoms with Crippen molar-refractivity contribution in [1.82, 2.24) is 19.8 Å². The Bertz CT molecular complexity index is 1520. The van der Waals surface area contributed by atoms with Crippen LogP contribution in [0.15, 0.2) is 47.3 Å². The zero-order valence-corrected chi connectivity index (χ0v) is 23.0. The van der Waals surface area contributed by atoms with Gasteiger partial charge in [-0.1, -0.05) is 25.4 Å². The number of halogens is 4. The van der Waals surface area contributed by atoms with Crippen LogP contribution in [0.25, 0.3) is 5.69 Å². The van der Waals surface area contributed by atoms with E-state index in [1.165, 1.54) is 22.6 Å². The summed E-state index contributed by atoms with van der Waals surface area (Å²) in [5.41, 5.74) is -0.371. The maximum absolute atomic E-state index is 13.8. The maximum atomic E-state index is 13.8. The summed E-state index contributed by atoms with van der Waals surface area (Å²) in [6.07, 6.45) is -5.78. The minimum atomic E-state index is -4.74. The van der Waals surface area contributed by atoms with Crippen LogP contribution in [0.1, 0.15) is 70.2 Å². The topological polar surface area (TPSA) is 105 Å². The lowest BCUT2D eigenvalue weighted by Crippen LogP contribution is -2.46. The number of rotatable bonds is 5. The van der Waals surface area contributed by atoms with Crippen molar-refractivity contribution < 1.29 is 27.9 Å². The molecular weight excluding hydrogens is 549 g/mol. The normalized spacial score (nSPS) is 16.1. The number of nitrogens with zero attached hydrogens (tertiary/aromatic N) is 3. The first kappa shape index (κ1) is 29.3. The van der Waals surface area contributed by atoms with Crippen LogP contribution in [-0.4, -0.2) is 44.5 Å². The standard InChI is InChI=1S/C28H28ClF3N4O4/c1-14(2)23(37)24-34-22-13-35(26(39)17-7-10-21(29)20(12-17)28(30,31)32)15(3)11-19(22)27(40)36(24)18-8-5-16(6-9-18)25(38)33-4/h5-10,12,14-15,23,37H,11,13H2,1-4H3,(H,33,38)/t15-,23-/m1/s1. The van der Waals surface area contributed by atoms with Crippen LogP contribution in [0.4, 0.5) is 13.2 Å². The molecule has 2 heterocycles. The van der Waals surface area contributed by atoms with E-state index in [0.717, 1.165) is 6.07 Å². The van der Waals surface area contributed by atoms with Gasteiger partial charge in [0.15, 0.2) is 0 Å². The number of amides is 2. The second-order valence-corrected chi connectivity index (χ2v) is 10.4. The monoisotopic (exact) mass is 576 g/mol. The van der Waals surface area contributed by atoms with Gasteiger partial charge in [-0.05, 0) is 61.7 Å². The van der Waals surface area contributed by atoms with Crippen LogP contribution in [0.2, 0.25) is 5.02 Å². The lowest BCUT2D eigenvalue weighted by Gasteiger charge is -2.35. The number of aromatic nitrogens is 2. The summed E-state index contributed by atoms with van der Waals surface area (Å²) in [6.45, 7) is 5.07. The highest BCUT2D eigenvalue weighted by molar-refractivity contribution is 6.31. The van der Waals surface area contributed by atoms with E-state index in [0.29, 0.717) is 22.9 Å². The minimum absolute atomic E-state index is 0.0549. The number of hydrogen-bond acceptors (Lipinski definition) is 5. The number of benzene rings is 2. The average molecular weight is 577 g/mol. The fraction of sp³-hybridized carbons (Fsp3) is 0.357. The van der Waals surface area contributed by atoms with Gasteiger partial charge in [0.05, 0.1) is 28.5 Å². The van der Waals surface area contributed by atoms with Crippen molar-refractivity contribution in [3.63, 3.8) is 0 Å². The molecule has 1 aliphatic heterocycles. The van der Waals surface area contributed by atoms with Gasteiger partial charge < -0.3 is 15.3 Å². The van der Waals surface area contributed by atoms with Gasteiger partial charge in [0.2, 0.25) is 0 Å². The molecule has 0 bridgehead atoms. The van der Waals surface area contributed by atoms with Gasteiger partial charge in [-0.2, -0.15) is 13.2 Å². The molecule has 0 unspecified atom stereocenters. The number of aliphatic hydroxyl groups is 1. The molecule has 2 amide bonds. The van der Waals surface area contributed by atoms with Crippen LogP contribution in [0.5, 0.6) is 0 Å². The number of carbonyl (C=O) groups is 2. The van der Waals surface area contributed by atoms with E-state index in [1.807, 2.05) is 0 Å². The molecule has 2 atom stereocenters. The smallest absolute Gasteiger partial charge is 0.385 e. The fourth-order valence-corrected chi connectivity index (χ4v) is 4.87. The van der Waals surface area contributed by atoms with Crippen molar-refractivity contribution in [3.05, 3.63) is 91.6 Å². The molecule has 0 radical (unpaired) electrons. The second-order valence-electron chi connectivity index (χ2n) is 10.0. The van der Waals surface area contributed by atoms with E-state index in [9.17, 15) is 32.7 Å². The Morgan fingerprint density at radius 2 is 1.75 bits per heavy atom. The van der Waals surface area contributed by atoms with Crippen molar-refractivity contribution in [2.45, 2.75) is 52.1 Å². The molecular formula is C28H28ClF3N4O4. The van der Waals surface area contributed by atoms with Crippen molar-refractivity contribution >= 4 is 23.4 Å². The zero-order valence-electron chi connectivity index (χ0n) is 22.2. The second kappa shape index (κ2) is 11.1. The Labute approximate surface area is 233 Å². The van der Waals surface area contributed by atoms with Crippen molar-refractivity contribution in [3.8, 4) is 5.69 Å². The molecule has 12 heteroatoms. The van der Waals surface area contributed by atoms with Gasteiger partial charge in [-0.15, -0.1) is 0 Å². The maximum Gasteiger partial charge on any atom is 0.417 e. The Kier molecular flexibility index (Phi) is 8.09. The molecule has 0 aliphatic carbocycles. The van der Waals surface area contributed by atoms with Crippen molar-refractivity contribution in [2.24, 2.45) is 5.92 Å². The third kappa shape index (κ3) is 5.48. The summed E-state index contributed by atoms with van der Waals surface area (Å²) in [4.78, 5) is 45.1. The predicted molar refractivity (Wildman–Crippen MR) is 143 cm³/mol. The summed E-state index contributed by atoms with van der Waals surface area (Å²) < 4.78 is 41.5. The largest absolute Gasteiger partial charge is 0.417 e. The summed E-state index contributed by atoms with van der Waals surface area (Å²) in [5.74, 6) is -1.23. The average Bonchev–Trinajstić information content (AvgIpc) is 2.91. The Hall–Kier alpha value is -3.70. The Morgan fingerprint density at radius 3 is 2.33 bits per heavy atom. The van der Waals surface area contributed by atoms with E-state index < -0.39 is 40.4 Å². The minimum Gasteiger partial charge on any atom is -0.385 e. The summed E-state index contributed by atoms with van der Waals surface area (Å²) in [5, 5.41) is 13.0. The molecule has 212 valence electrons. The van der Waals surface area contributed by atoms with E-state index in [1.54, 1.807) is 45.0 Å². The van der Waals surface area contributed by atoms with E-state index >= 15 is 0 Å². The number of aliphatic hydroxyl groups excluding tert-OH is 1. The van der Waals surface area contributed by atoms with E-state index in [2.05, 4.69) is 10.3 Å². The third-order valence-corrected chi connectivity index (χ3v) is 7.26. The molecule has 4 rings (SSSR count). The molecule has 0 spiro atoms. The van der Waals surface area contributed by atoms with Gasteiger partial charge in [-0.25, -0.2) is 4.98 Å². The summed E-state index contributed by atoms with van der Waals surface area (Å²) in [7, 11) is 1.50. The van der Waals surface area contributed by atoms with Crippen LogP contribution < -0.4 is 10.9 Å². The van der Waals surface area contributed by atoms with E-state index in [4.69, 9.17) is 11.6 Å². The zero-order chi connectivity index (χ0) is 29.5. The van der Waals surface area contributed by atoms with Gasteiger partial charge in [0.1, 0.15) is 11.9 Å². The fourth-order valence-electron chi connectivity index (χ4n) is 4.64. The first-order chi connectivity index (χ1) is 18.7. The first-order valence-corrected chi connectivity index (χ1v) is 12.9. The molecule has 2 aromatic carbocycles.